The summed E-state index contributed by atoms with van der Waals surface area (Å²) in [6.45, 7) is 4.44. The minimum absolute atomic E-state index is 0.0380. The van der Waals surface area contributed by atoms with Crippen LogP contribution in [0.1, 0.15) is 62.1 Å². The zero-order chi connectivity index (χ0) is 24.5. The fourth-order valence-corrected chi connectivity index (χ4v) is 5.87. The molecule has 1 atom stereocenters. The topological polar surface area (TPSA) is 49.4 Å². The van der Waals surface area contributed by atoms with Gasteiger partial charge in [0.15, 0.2) is 0 Å². The van der Waals surface area contributed by atoms with Crippen molar-refractivity contribution in [2.45, 2.75) is 76.8 Å². The van der Waals surface area contributed by atoms with Gasteiger partial charge in [0, 0.05) is 28.4 Å². The first-order chi connectivity index (χ1) is 16.4. The number of nitrogens with zero attached hydrogens (tertiary/aromatic N) is 1. The number of nitrogens with one attached hydrogen (secondary N) is 1. The summed E-state index contributed by atoms with van der Waals surface area (Å²) >= 11 is 13.8. The van der Waals surface area contributed by atoms with Crippen LogP contribution in [-0.2, 0) is 21.9 Å². The Morgan fingerprint density at radius 3 is 2.50 bits per heavy atom. The summed E-state index contributed by atoms with van der Waals surface area (Å²) in [6, 6.07) is 13.2. The Bertz CT molecular complexity index is 979. The van der Waals surface area contributed by atoms with Crippen LogP contribution >= 0.6 is 35.0 Å². The van der Waals surface area contributed by atoms with Crippen LogP contribution < -0.4 is 5.32 Å². The molecule has 2 aromatic rings. The molecule has 1 fully saturated rings. The zero-order valence-electron chi connectivity index (χ0n) is 20.0. The molecule has 7 heteroatoms. The molecule has 1 saturated carbocycles. The molecule has 1 aliphatic carbocycles. The lowest BCUT2D eigenvalue weighted by molar-refractivity contribution is -0.139. The number of amides is 2. The number of thioether (sulfide) groups is 1. The van der Waals surface area contributed by atoms with Gasteiger partial charge >= 0.3 is 0 Å². The SMILES string of the molecule is CC[C@H](C(=O)NC1CCCCC1)N(Cc1ccccc1C)C(=O)CSCc1ccc(Cl)cc1Cl. The number of benzene rings is 2. The number of rotatable bonds is 10. The molecular formula is C27H34Cl2N2O2S. The van der Waals surface area contributed by atoms with Crippen molar-refractivity contribution in [2.24, 2.45) is 0 Å². The van der Waals surface area contributed by atoms with Crippen molar-refractivity contribution in [2.75, 3.05) is 5.75 Å². The molecule has 0 unspecified atom stereocenters. The highest BCUT2D eigenvalue weighted by Gasteiger charge is 2.30. The first kappa shape index (κ1) is 26.9. The molecule has 0 aromatic heterocycles. The quantitative estimate of drug-likeness (QED) is 0.375. The molecular weight excluding hydrogens is 487 g/mol. The van der Waals surface area contributed by atoms with E-state index in [4.69, 9.17) is 23.2 Å². The minimum atomic E-state index is -0.492. The molecule has 1 N–H and O–H groups in total. The van der Waals surface area contributed by atoms with Crippen LogP contribution in [0.5, 0.6) is 0 Å². The van der Waals surface area contributed by atoms with Gasteiger partial charge in [0.2, 0.25) is 11.8 Å². The fraction of sp³-hybridized carbons (Fsp3) is 0.481. The summed E-state index contributed by atoms with van der Waals surface area (Å²) in [5, 5.41) is 4.42. The average molecular weight is 522 g/mol. The predicted molar refractivity (Wildman–Crippen MR) is 143 cm³/mol. The minimum Gasteiger partial charge on any atom is -0.352 e. The maximum absolute atomic E-state index is 13.5. The van der Waals surface area contributed by atoms with E-state index in [2.05, 4.69) is 5.32 Å². The summed E-state index contributed by atoms with van der Waals surface area (Å²) in [4.78, 5) is 28.5. The van der Waals surface area contributed by atoms with Gasteiger partial charge in [-0.15, -0.1) is 11.8 Å². The molecule has 0 spiro atoms. The van der Waals surface area contributed by atoms with E-state index in [9.17, 15) is 9.59 Å². The Balaban J connectivity index is 1.72. The third-order valence-corrected chi connectivity index (χ3v) is 7.99. The second kappa shape index (κ2) is 13.4. The Hall–Kier alpha value is -1.69. The van der Waals surface area contributed by atoms with Crippen molar-refractivity contribution in [3.8, 4) is 0 Å². The molecule has 0 heterocycles. The average Bonchev–Trinajstić information content (AvgIpc) is 2.82. The first-order valence-electron chi connectivity index (χ1n) is 12.0. The van der Waals surface area contributed by atoms with Crippen LogP contribution in [-0.4, -0.2) is 34.6 Å². The number of halogens is 2. The van der Waals surface area contributed by atoms with E-state index in [1.54, 1.807) is 17.0 Å². The van der Waals surface area contributed by atoms with E-state index in [0.29, 0.717) is 28.8 Å². The number of hydrogen-bond acceptors (Lipinski definition) is 3. The normalized spacial score (nSPS) is 15.1. The van der Waals surface area contributed by atoms with E-state index in [0.717, 1.165) is 42.4 Å². The summed E-state index contributed by atoms with van der Waals surface area (Å²) in [7, 11) is 0. The van der Waals surface area contributed by atoms with E-state index >= 15 is 0 Å². The Labute approximate surface area is 217 Å². The maximum Gasteiger partial charge on any atom is 0.243 e. The summed E-state index contributed by atoms with van der Waals surface area (Å²) in [6.07, 6.45) is 6.15. The van der Waals surface area contributed by atoms with Crippen LogP contribution in [0.25, 0.3) is 0 Å². The molecule has 1 aliphatic rings. The maximum atomic E-state index is 13.5. The van der Waals surface area contributed by atoms with Crippen molar-refractivity contribution in [1.82, 2.24) is 10.2 Å². The third kappa shape index (κ3) is 7.66. The highest BCUT2D eigenvalue weighted by molar-refractivity contribution is 7.99. The van der Waals surface area contributed by atoms with Crippen LogP contribution in [0, 0.1) is 6.92 Å². The smallest absolute Gasteiger partial charge is 0.243 e. The molecule has 0 saturated heterocycles. The van der Waals surface area contributed by atoms with Gasteiger partial charge in [-0.2, -0.15) is 0 Å². The zero-order valence-corrected chi connectivity index (χ0v) is 22.3. The Morgan fingerprint density at radius 1 is 1.09 bits per heavy atom. The molecule has 4 nitrogen and oxygen atoms in total. The molecule has 34 heavy (non-hydrogen) atoms. The molecule has 184 valence electrons. The lowest BCUT2D eigenvalue weighted by Gasteiger charge is -2.33. The number of carbonyl (C=O) groups excluding carboxylic acids is 2. The summed E-state index contributed by atoms with van der Waals surface area (Å²) in [5.41, 5.74) is 3.12. The fourth-order valence-electron chi connectivity index (χ4n) is 4.40. The first-order valence-corrected chi connectivity index (χ1v) is 14.0. The van der Waals surface area contributed by atoms with Gasteiger partial charge < -0.3 is 10.2 Å². The van der Waals surface area contributed by atoms with E-state index in [-0.39, 0.29) is 23.6 Å². The molecule has 3 rings (SSSR count). The van der Waals surface area contributed by atoms with Gasteiger partial charge in [-0.05, 0) is 55.0 Å². The molecule has 0 aliphatic heterocycles. The van der Waals surface area contributed by atoms with Crippen molar-refractivity contribution >= 4 is 46.8 Å². The Morgan fingerprint density at radius 2 is 1.82 bits per heavy atom. The van der Waals surface area contributed by atoms with Crippen LogP contribution in [0.4, 0.5) is 0 Å². The van der Waals surface area contributed by atoms with Crippen LogP contribution in [0.15, 0.2) is 42.5 Å². The standard InChI is InChI=1S/C27H34Cl2N2O2S/c1-3-25(27(33)30-23-11-5-4-6-12-23)31(16-20-10-8-7-9-19(20)2)26(32)18-34-17-21-13-14-22(28)15-24(21)29/h7-10,13-15,23,25H,3-6,11-12,16-18H2,1-2H3,(H,30,33)/t25-/m1/s1. The Kier molecular flexibility index (Phi) is 10.6. The summed E-state index contributed by atoms with van der Waals surface area (Å²) in [5.74, 6) is 0.800. The van der Waals surface area contributed by atoms with Crippen molar-refractivity contribution < 1.29 is 9.59 Å². The van der Waals surface area contributed by atoms with E-state index in [1.165, 1.54) is 18.2 Å². The number of aryl methyl sites for hydroxylation is 1. The highest BCUT2D eigenvalue weighted by atomic mass is 35.5. The lowest BCUT2D eigenvalue weighted by Crippen LogP contribution is -2.52. The molecule has 2 amide bonds. The van der Waals surface area contributed by atoms with Crippen molar-refractivity contribution in [1.29, 1.82) is 0 Å². The van der Waals surface area contributed by atoms with E-state index < -0.39 is 6.04 Å². The van der Waals surface area contributed by atoms with Gasteiger partial charge in [0.05, 0.1) is 5.75 Å². The van der Waals surface area contributed by atoms with Crippen molar-refractivity contribution in [3.05, 3.63) is 69.2 Å². The predicted octanol–water partition coefficient (Wildman–Crippen LogP) is 6.79. The third-order valence-electron chi connectivity index (χ3n) is 6.44. The van der Waals surface area contributed by atoms with Gasteiger partial charge in [0.1, 0.15) is 6.04 Å². The highest BCUT2D eigenvalue weighted by Crippen LogP contribution is 2.26. The lowest BCUT2D eigenvalue weighted by atomic mass is 9.95. The molecule has 0 bridgehead atoms. The molecule has 2 aromatic carbocycles. The van der Waals surface area contributed by atoms with E-state index in [1.807, 2.05) is 44.2 Å². The van der Waals surface area contributed by atoms with Crippen molar-refractivity contribution in [3.63, 3.8) is 0 Å². The number of carbonyl (C=O) groups is 2. The largest absolute Gasteiger partial charge is 0.352 e. The summed E-state index contributed by atoms with van der Waals surface area (Å²) < 4.78 is 0. The van der Waals surface area contributed by atoms with Gasteiger partial charge in [-0.25, -0.2) is 0 Å². The van der Waals surface area contributed by atoms with Crippen LogP contribution in [0.3, 0.4) is 0 Å². The monoisotopic (exact) mass is 520 g/mol. The van der Waals surface area contributed by atoms with Gasteiger partial charge in [-0.1, -0.05) is 79.7 Å². The number of hydrogen-bond donors (Lipinski definition) is 1. The molecule has 0 radical (unpaired) electrons. The second-order valence-corrected chi connectivity index (χ2v) is 10.8. The second-order valence-electron chi connectivity index (χ2n) is 8.94. The van der Waals surface area contributed by atoms with Crippen LogP contribution in [0.2, 0.25) is 10.0 Å². The van der Waals surface area contributed by atoms with Gasteiger partial charge in [-0.3, -0.25) is 9.59 Å². The van der Waals surface area contributed by atoms with Gasteiger partial charge in [0.25, 0.3) is 0 Å².